The van der Waals surface area contributed by atoms with Crippen molar-refractivity contribution in [2.75, 3.05) is 31.8 Å². The highest BCUT2D eigenvalue weighted by atomic mass is 16.5. The third-order valence-electron chi connectivity index (χ3n) is 2.94. The van der Waals surface area contributed by atoms with Crippen LogP contribution in [0, 0.1) is 0 Å². The minimum Gasteiger partial charge on any atom is -0.486 e. The van der Waals surface area contributed by atoms with Crippen LogP contribution in [0.5, 0.6) is 11.6 Å². The molecule has 2 N–H and O–H groups in total. The van der Waals surface area contributed by atoms with E-state index in [9.17, 15) is 0 Å². The second-order valence-electron chi connectivity index (χ2n) is 4.58. The summed E-state index contributed by atoms with van der Waals surface area (Å²) in [6, 6.07) is 9.47. The average molecular weight is 273 g/mol. The first-order chi connectivity index (χ1) is 9.61. The molecule has 0 saturated carbocycles. The second-order valence-corrected chi connectivity index (χ2v) is 4.58. The van der Waals surface area contributed by atoms with Crippen molar-refractivity contribution in [2.45, 2.75) is 6.61 Å². The predicted octanol–water partition coefficient (Wildman–Crippen LogP) is 2.32. The maximum Gasteiger partial charge on any atom is 0.219 e. The van der Waals surface area contributed by atoms with Gasteiger partial charge in [-0.25, -0.2) is 4.98 Å². The molecule has 0 aliphatic carbocycles. The SMILES string of the molecule is COc1ncccc1COc1cc(N(C)C)ccc1N. The van der Waals surface area contributed by atoms with Crippen LogP contribution in [-0.2, 0) is 6.61 Å². The minimum atomic E-state index is 0.359. The zero-order valence-corrected chi connectivity index (χ0v) is 12.0. The molecule has 2 rings (SSSR count). The van der Waals surface area contributed by atoms with Crippen molar-refractivity contribution in [3.05, 3.63) is 42.1 Å². The number of hydrogen-bond acceptors (Lipinski definition) is 5. The summed E-state index contributed by atoms with van der Waals surface area (Å²) >= 11 is 0. The van der Waals surface area contributed by atoms with Gasteiger partial charge in [0.05, 0.1) is 18.4 Å². The van der Waals surface area contributed by atoms with Crippen molar-refractivity contribution in [1.29, 1.82) is 0 Å². The third-order valence-corrected chi connectivity index (χ3v) is 2.94. The second kappa shape index (κ2) is 6.14. The Morgan fingerprint density at radius 2 is 2.05 bits per heavy atom. The fraction of sp³-hybridized carbons (Fsp3) is 0.267. The average Bonchev–Trinajstić information content (AvgIpc) is 2.46. The summed E-state index contributed by atoms with van der Waals surface area (Å²) in [6.45, 7) is 0.359. The number of nitrogens with zero attached hydrogens (tertiary/aromatic N) is 2. The lowest BCUT2D eigenvalue weighted by Gasteiger charge is -2.16. The first kappa shape index (κ1) is 14.0. The highest BCUT2D eigenvalue weighted by molar-refractivity contribution is 5.61. The maximum atomic E-state index is 5.93. The molecule has 0 bridgehead atoms. The highest BCUT2D eigenvalue weighted by Gasteiger charge is 2.07. The lowest BCUT2D eigenvalue weighted by molar-refractivity contribution is 0.295. The lowest BCUT2D eigenvalue weighted by atomic mass is 10.2. The Kier molecular flexibility index (Phi) is 4.30. The highest BCUT2D eigenvalue weighted by Crippen LogP contribution is 2.28. The van der Waals surface area contributed by atoms with Crippen LogP contribution in [0.4, 0.5) is 11.4 Å². The minimum absolute atomic E-state index is 0.359. The molecule has 0 saturated heterocycles. The van der Waals surface area contributed by atoms with Gasteiger partial charge in [-0.05, 0) is 24.3 Å². The Morgan fingerprint density at radius 3 is 2.75 bits per heavy atom. The van der Waals surface area contributed by atoms with E-state index in [2.05, 4.69) is 4.98 Å². The van der Waals surface area contributed by atoms with E-state index in [4.69, 9.17) is 15.2 Å². The van der Waals surface area contributed by atoms with Gasteiger partial charge in [0.2, 0.25) is 5.88 Å². The van der Waals surface area contributed by atoms with Gasteiger partial charge in [0.1, 0.15) is 12.4 Å². The summed E-state index contributed by atoms with van der Waals surface area (Å²) in [5.41, 5.74) is 8.46. The van der Waals surface area contributed by atoms with Gasteiger partial charge in [-0.3, -0.25) is 0 Å². The van der Waals surface area contributed by atoms with E-state index in [0.717, 1.165) is 11.3 Å². The van der Waals surface area contributed by atoms with Gasteiger partial charge in [-0.1, -0.05) is 0 Å². The van der Waals surface area contributed by atoms with Gasteiger partial charge in [-0.15, -0.1) is 0 Å². The molecule has 5 nitrogen and oxygen atoms in total. The number of ether oxygens (including phenoxy) is 2. The molecule has 0 fully saturated rings. The summed E-state index contributed by atoms with van der Waals surface area (Å²) < 4.78 is 11.0. The van der Waals surface area contributed by atoms with Crippen LogP contribution in [0.25, 0.3) is 0 Å². The van der Waals surface area contributed by atoms with Crippen LogP contribution in [0.15, 0.2) is 36.5 Å². The Labute approximate surface area is 118 Å². The van der Waals surface area contributed by atoms with Crippen LogP contribution in [-0.4, -0.2) is 26.2 Å². The van der Waals surface area contributed by atoms with E-state index in [-0.39, 0.29) is 0 Å². The molecule has 0 aliphatic heterocycles. The lowest BCUT2D eigenvalue weighted by Crippen LogP contribution is -2.09. The van der Waals surface area contributed by atoms with E-state index in [1.165, 1.54) is 0 Å². The predicted molar refractivity (Wildman–Crippen MR) is 80.3 cm³/mol. The van der Waals surface area contributed by atoms with Gasteiger partial charge in [-0.2, -0.15) is 0 Å². The standard InChI is InChI=1S/C15H19N3O2/c1-18(2)12-6-7-13(16)14(9-12)20-10-11-5-4-8-17-15(11)19-3/h4-9H,10,16H2,1-3H3. The summed E-state index contributed by atoms with van der Waals surface area (Å²) in [5.74, 6) is 1.22. The zero-order chi connectivity index (χ0) is 14.5. The maximum absolute atomic E-state index is 5.93. The van der Waals surface area contributed by atoms with E-state index < -0.39 is 0 Å². The number of methoxy groups -OCH3 is 1. The topological polar surface area (TPSA) is 60.6 Å². The number of nitrogen functional groups attached to an aromatic ring is 1. The molecule has 0 amide bonds. The van der Waals surface area contributed by atoms with Crippen LogP contribution in [0.3, 0.4) is 0 Å². The third kappa shape index (κ3) is 3.12. The molecule has 5 heteroatoms. The van der Waals surface area contributed by atoms with Crippen molar-refractivity contribution in [2.24, 2.45) is 0 Å². The van der Waals surface area contributed by atoms with Gasteiger partial charge < -0.3 is 20.1 Å². The number of pyridine rings is 1. The summed E-state index contributed by atoms with van der Waals surface area (Å²) in [7, 11) is 5.53. The van der Waals surface area contributed by atoms with Crippen LogP contribution >= 0.6 is 0 Å². The normalized spacial score (nSPS) is 10.2. The first-order valence-corrected chi connectivity index (χ1v) is 6.29. The number of benzene rings is 1. The van der Waals surface area contributed by atoms with Crippen molar-refractivity contribution in [3.63, 3.8) is 0 Å². The Hall–Kier alpha value is -2.43. The Bertz CT molecular complexity index is 585. The summed E-state index contributed by atoms with van der Waals surface area (Å²) in [6.07, 6.45) is 1.68. The smallest absolute Gasteiger partial charge is 0.219 e. The molecule has 1 heterocycles. The fourth-order valence-corrected chi connectivity index (χ4v) is 1.80. The summed E-state index contributed by atoms with van der Waals surface area (Å²) in [4.78, 5) is 6.13. The molecule has 0 atom stereocenters. The Balaban J connectivity index is 2.16. The number of anilines is 2. The molecule has 0 unspecified atom stereocenters. The number of rotatable bonds is 5. The molecule has 2 aromatic rings. The van der Waals surface area contributed by atoms with Crippen molar-refractivity contribution in [1.82, 2.24) is 4.98 Å². The monoisotopic (exact) mass is 273 g/mol. The molecular formula is C15H19N3O2. The van der Waals surface area contributed by atoms with E-state index >= 15 is 0 Å². The quantitative estimate of drug-likeness (QED) is 0.847. The van der Waals surface area contributed by atoms with Gasteiger partial charge in [0.15, 0.2) is 0 Å². The molecule has 0 aliphatic rings. The van der Waals surface area contributed by atoms with Crippen molar-refractivity contribution in [3.8, 4) is 11.6 Å². The van der Waals surface area contributed by atoms with E-state index in [1.807, 2.05) is 49.3 Å². The molecule has 0 radical (unpaired) electrons. The van der Waals surface area contributed by atoms with Crippen molar-refractivity contribution >= 4 is 11.4 Å². The first-order valence-electron chi connectivity index (χ1n) is 6.29. The molecule has 0 spiro atoms. The number of hydrogen-bond donors (Lipinski definition) is 1. The van der Waals surface area contributed by atoms with Crippen LogP contribution in [0.1, 0.15) is 5.56 Å². The fourth-order valence-electron chi connectivity index (χ4n) is 1.80. The largest absolute Gasteiger partial charge is 0.486 e. The summed E-state index contributed by atoms with van der Waals surface area (Å²) in [5, 5.41) is 0. The van der Waals surface area contributed by atoms with Crippen LogP contribution in [0.2, 0.25) is 0 Å². The van der Waals surface area contributed by atoms with Gasteiger partial charge >= 0.3 is 0 Å². The molecule has 20 heavy (non-hydrogen) atoms. The zero-order valence-electron chi connectivity index (χ0n) is 12.0. The van der Waals surface area contributed by atoms with Crippen molar-refractivity contribution < 1.29 is 9.47 Å². The molecule has 1 aromatic heterocycles. The number of aromatic nitrogens is 1. The Morgan fingerprint density at radius 1 is 1.25 bits per heavy atom. The van der Waals surface area contributed by atoms with Gasteiger partial charge in [0.25, 0.3) is 0 Å². The molecule has 1 aromatic carbocycles. The number of nitrogens with two attached hydrogens (primary N) is 1. The van der Waals surface area contributed by atoms with Crippen LogP contribution < -0.4 is 20.1 Å². The van der Waals surface area contributed by atoms with Gasteiger partial charge in [0, 0.05) is 32.0 Å². The molecular weight excluding hydrogens is 254 g/mol. The molecule has 106 valence electrons. The van der Waals surface area contributed by atoms with E-state index in [0.29, 0.717) is 23.9 Å². The van der Waals surface area contributed by atoms with E-state index in [1.54, 1.807) is 13.3 Å².